The van der Waals surface area contributed by atoms with E-state index in [9.17, 15) is 13.2 Å². The van der Waals surface area contributed by atoms with Crippen molar-refractivity contribution < 1.29 is 13.2 Å². The maximum absolute atomic E-state index is 12.0. The number of sulfone groups is 1. The molecule has 2 fully saturated rings. The molecule has 1 unspecified atom stereocenters. The molecule has 1 aliphatic heterocycles. The lowest BCUT2D eigenvalue weighted by molar-refractivity contribution is -0.126. The first kappa shape index (κ1) is 13.8. The van der Waals surface area contributed by atoms with E-state index in [0.717, 1.165) is 25.7 Å². The molecule has 1 saturated carbocycles. The highest BCUT2D eigenvalue weighted by Gasteiger charge is 2.32. The van der Waals surface area contributed by atoms with Crippen LogP contribution in [0.5, 0.6) is 0 Å². The van der Waals surface area contributed by atoms with Gasteiger partial charge in [-0.1, -0.05) is 0 Å². The molecule has 5 nitrogen and oxygen atoms in total. The van der Waals surface area contributed by atoms with Crippen LogP contribution in [-0.2, 0) is 14.6 Å². The van der Waals surface area contributed by atoms with Gasteiger partial charge in [0.2, 0.25) is 5.91 Å². The fraction of sp³-hybridized carbons (Fsp3) is 0.917. The van der Waals surface area contributed by atoms with E-state index in [4.69, 9.17) is 5.73 Å². The van der Waals surface area contributed by atoms with E-state index >= 15 is 0 Å². The van der Waals surface area contributed by atoms with Gasteiger partial charge in [-0.3, -0.25) is 4.79 Å². The Hall–Kier alpha value is -0.620. The Morgan fingerprint density at radius 3 is 2.33 bits per heavy atom. The zero-order valence-corrected chi connectivity index (χ0v) is 11.4. The van der Waals surface area contributed by atoms with Gasteiger partial charge in [-0.25, -0.2) is 8.42 Å². The van der Waals surface area contributed by atoms with Crippen molar-refractivity contribution in [2.75, 3.05) is 18.1 Å². The van der Waals surface area contributed by atoms with Crippen LogP contribution in [0, 0.1) is 11.8 Å². The highest BCUT2D eigenvalue weighted by Crippen LogP contribution is 2.28. The number of hydrogen-bond acceptors (Lipinski definition) is 4. The Labute approximate surface area is 108 Å². The second kappa shape index (κ2) is 5.57. The number of nitrogens with one attached hydrogen (secondary N) is 1. The maximum atomic E-state index is 12.0. The van der Waals surface area contributed by atoms with Crippen LogP contribution in [0.1, 0.15) is 32.1 Å². The van der Waals surface area contributed by atoms with Crippen molar-refractivity contribution in [3.63, 3.8) is 0 Å². The Morgan fingerprint density at radius 1 is 1.17 bits per heavy atom. The van der Waals surface area contributed by atoms with E-state index in [-0.39, 0.29) is 29.4 Å². The van der Waals surface area contributed by atoms with Crippen LogP contribution in [0.4, 0.5) is 0 Å². The number of nitrogens with two attached hydrogens (primary N) is 1. The van der Waals surface area contributed by atoms with Crippen molar-refractivity contribution in [2.24, 2.45) is 17.6 Å². The van der Waals surface area contributed by atoms with Crippen LogP contribution in [-0.4, -0.2) is 38.4 Å². The summed E-state index contributed by atoms with van der Waals surface area (Å²) in [6.45, 7) is 0.704. The second-order valence-electron chi connectivity index (χ2n) is 5.56. The van der Waals surface area contributed by atoms with Crippen LogP contribution in [0.2, 0.25) is 0 Å². The number of amides is 1. The van der Waals surface area contributed by atoms with Crippen molar-refractivity contribution >= 4 is 15.7 Å². The van der Waals surface area contributed by atoms with E-state index in [1.165, 1.54) is 0 Å². The van der Waals surface area contributed by atoms with Crippen molar-refractivity contribution in [3.8, 4) is 0 Å². The molecule has 0 aromatic heterocycles. The third-order valence-electron chi connectivity index (χ3n) is 4.13. The monoisotopic (exact) mass is 274 g/mol. The molecule has 0 bridgehead atoms. The topological polar surface area (TPSA) is 89.3 Å². The first-order valence-corrected chi connectivity index (χ1v) is 8.53. The van der Waals surface area contributed by atoms with Gasteiger partial charge in [0.15, 0.2) is 9.84 Å². The van der Waals surface area contributed by atoms with Crippen molar-refractivity contribution in [3.05, 3.63) is 0 Å². The Morgan fingerprint density at radius 2 is 1.83 bits per heavy atom. The fourth-order valence-electron chi connectivity index (χ4n) is 2.89. The second-order valence-corrected chi connectivity index (χ2v) is 7.79. The Balaban J connectivity index is 1.79. The lowest BCUT2D eigenvalue weighted by atomic mass is 9.81. The van der Waals surface area contributed by atoms with Crippen LogP contribution in [0.15, 0.2) is 0 Å². The molecular formula is C12H22N2O3S. The van der Waals surface area contributed by atoms with E-state index in [2.05, 4.69) is 5.32 Å². The maximum Gasteiger partial charge on any atom is 0.223 e. The highest BCUT2D eigenvalue weighted by molar-refractivity contribution is 7.91. The van der Waals surface area contributed by atoms with Gasteiger partial charge >= 0.3 is 0 Å². The SMILES string of the molecule is NCC1CCC(C(=O)NC2CCS(=O)(=O)C2)CC1. The van der Waals surface area contributed by atoms with Gasteiger partial charge in [0, 0.05) is 12.0 Å². The van der Waals surface area contributed by atoms with E-state index in [1.54, 1.807) is 0 Å². The molecule has 6 heteroatoms. The zero-order chi connectivity index (χ0) is 13.2. The van der Waals surface area contributed by atoms with Gasteiger partial charge in [-0.05, 0) is 44.6 Å². The van der Waals surface area contributed by atoms with E-state index in [0.29, 0.717) is 18.9 Å². The summed E-state index contributed by atoms with van der Waals surface area (Å²) in [5, 5.41) is 2.89. The quantitative estimate of drug-likeness (QED) is 0.761. The van der Waals surface area contributed by atoms with E-state index < -0.39 is 9.84 Å². The molecule has 1 saturated heterocycles. The smallest absolute Gasteiger partial charge is 0.223 e. The molecule has 1 amide bonds. The van der Waals surface area contributed by atoms with Gasteiger partial charge in [-0.15, -0.1) is 0 Å². The van der Waals surface area contributed by atoms with Gasteiger partial charge in [0.1, 0.15) is 0 Å². The van der Waals surface area contributed by atoms with Gasteiger partial charge < -0.3 is 11.1 Å². The summed E-state index contributed by atoms with van der Waals surface area (Å²) >= 11 is 0. The molecule has 104 valence electrons. The Kier molecular flexibility index (Phi) is 4.27. The Bertz CT molecular complexity index is 400. The average Bonchev–Trinajstić information content (AvgIpc) is 2.68. The summed E-state index contributed by atoms with van der Waals surface area (Å²) in [4.78, 5) is 12.0. The normalized spacial score (nSPS) is 35.3. The van der Waals surface area contributed by atoms with Crippen molar-refractivity contribution in [1.29, 1.82) is 0 Å². The summed E-state index contributed by atoms with van der Waals surface area (Å²) in [6.07, 6.45) is 4.35. The van der Waals surface area contributed by atoms with Crippen molar-refractivity contribution in [1.82, 2.24) is 5.32 Å². The minimum atomic E-state index is -2.92. The molecule has 2 aliphatic rings. The molecule has 0 radical (unpaired) electrons. The first-order chi connectivity index (χ1) is 8.50. The third-order valence-corrected chi connectivity index (χ3v) is 5.90. The summed E-state index contributed by atoms with van der Waals surface area (Å²) in [5.41, 5.74) is 5.62. The zero-order valence-electron chi connectivity index (χ0n) is 10.6. The molecule has 1 aliphatic carbocycles. The number of hydrogen-bond donors (Lipinski definition) is 2. The number of rotatable bonds is 3. The van der Waals surface area contributed by atoms with Crippen LogP contribution >= 0.6 is 0 Å². The van der Waals surface area contributed by atoms with Crippen LogP contribution < -0.4 is 11.1 Å². The van der Waals surface area contributed by atoms with Crippen LogP contribution in [0.3, 0.4) is 0 Å². The van der Waals surface area contributed by atoms with Crippen LogP contribution in [0.25, 0.3) is 0 Å². The molecule has 3 N–H and O–H groups in total. The number of carbonyl (C=O) groups excluding carboxylic acids is 1. The summed E-state index contributed by atoms with van der Waals surface area (Å²) in [5.74, 6) is 0.957. The lowest BCUT2D eigenvalue weighted by Crippen LogP contribution is -2.41. The minimum absolute atomic E-state index is 0.0348. The summed E-state index contributed by atoms with van der Waals surface area (Å²) in [6, 6.07) is -0.172. The first-order valence-electron chi connectivity index (χ1n) is 6.71. The van der Waals surface area contributed by atoms with Gasteiger partial charge in [0.05, 0.1) is 11.5 Å². The average molecular weight is 274 g/mol. The largest absolute Gasteiger partial charge is 0.352 e. The summed E-state index contributed by atoms with van der Waals surface area (Å²) < 4.78 is 22.6. The van der Waals surface area contributed by atoms with Crippen molar-refractivity contribution in [2.45, 2.75) is 38.1 Å². The molecule has 0 aromatic carbocycles. The van der Waals surface area contributed by atoms with Gasteiger partial charge in [0.25, 0.3) is 0 Å². The molecule has 18 heavy (non-hydrogen) atoms. The third kappa shape index (κ3) is 3.45. The molecule has 1 atom stereocenters. The molecule has 0 spiro atoms. The molecule has 0 aromatic rings. The highest BCUT2D eigenvalue weighted by atomic mass is 32.2. The minimum Gasteiger partial charge on any atom is -0.352 e. The molecule has 2 rings (SSSR count). The summed E-state index contributed by atoms with van der Waals surface area (Å²) in [7, 11) is -2.92. The fourth-order valence-corrected chi connectivity index (χ4v) is 4.56. The van der Waals surface area contributed by atoms with E-state index in [1.807, 2.05) is 0 Å². The molecular weight excluding hydrogens is 252 g/mol. The predicted molar refractivity (Wildman–Crippen MR) is 69.7 cm³/mol. The van der Waals surface area contributed by atoms with Gasteiger partial charge in [-0.2, -0.15) is 0 Å². The lowest BCUT2D eigenvalue weighted by Gasteiger charge is -2.27. The number of carbonyl (C=O) groups is 1. The standard InChI is InChI=1S/C12H22N2O3S/c13-7-9-1-3-10(4-2-9)12(15)14-11-5-6-18(16,17)8-11/h9-11H,1-8,13H2,(H,14,15). The molecule has 1 heterocycles. The predicted octanol–water partition coefficient (Wildman–Crippen LogP) is 0.0548.